The fourth-order valence-corrected chi connectivity index (χ4v) is 7.38. The minimum absolute atomic E-state index is 0.0474. The van der Waals surface area contributed by atoms with Gasteiger partial charge in [-0.3, -0.25) is 0 Å². The normalized spacial score (nSPS) is 20.9. The Kier molecular flexibility index (Phi) is 20.6. The zero-order valence-electron chi connectivity index (χ0n) is 34.4. The van der Waals surface area contributed by atoms with Crippen molar-refractivity contribution in [2.24, 2.45) is 22.7 Å². The summed E-state index contributed by atoms with van der Waals surface area (Å²) < 4.78 is 30.9. The Bertz CT molecular complexity index is 1250. The third kappa shape index (κ3) is 21.0. The summed E-state index contributed by atoms with van der Waals surface area (Å²) in [6.45, 7) is 19.8. The van der Waals surface area contributed by atoms with Crippen LogP contribution in [0.25, 0.3) is 0 Å². The van der Waals surface area contributed by atoms with Gasteiger partial charge in [-0.1, -0.05) is 40.9 Å². The molecule has 2 aliphatic rings. The summed E-state index contributed by atoms with van der Waals surface area (Å²) in [5.41, 5.74) is 0.451. The van der Waals surface area contributed by atoms with Gasteiger partial charge in [0.25, 0.3) is 0 Å². The highest BCUT2D eigenvalue weighted by molar-refractivity contribution is 5.87. The lowest BCUT2D eigenvalue weighted by molar-refractivity contribution is -0.140. The van der Waals surface area contributed by atoms with Gasteiger partial charge in [-0.15, -0.1) is 0 Å². The van der Waals surface area contributed by atoms with Crippen molar-refractivity contribution in [3.8, 4) is 0 Å². The maximum absolute atomic E-state index is 12.3. The molecule has 0 aliphatic heterocycles. The second-order valence-corrected chi connectivity index (χ2v) is 16.6. The molecule has 2 aliphatic carbocycles. The van der Waals surface area contributed by atoms with Crippen LogP contribution < -0.4 is 21.3 Å². The summed E-state index contributed by atoms with van der Waals surface area (Å²) >= 11 is 0. The molecule has 4 unspecified atom stereocenters. The fraction of sp³-hybridized carbons (Fsp3) is 0.750. The van der Waals surface area contributed by atoms with E-state index in [9.17, 15) is 28.8 Å². The average molecular weight is 795 g/mol. The van der Waals surface area contributed by atoms with Crippen LogP contribution in [0.3, 0.4) is 0 Å². The Morgan fingerprint density at radius 1 is 0.500 bits per heavy atom. The van der Waals surface area contributed by atoms with Crippen LogP contribution in [0.1, 0.15) is 106 Å². The van der Waals surface area contributed by atoms with Crippen molar-refractivity contribution in [2.75, 3.05) is 52.7 Å². The van der Waals surface area contributed by atoms with E-state index in [0.717, 1.165) is 38.5 Å². The van der Waals surface area contributed by atoms with Gasteiger partial charge in [0, 0.05) is 36.3 Å². The predicted octanol–water partition coefficient (Wildman–Crippen LogP) is 6.08. The van der Waals surface area contributed by atoms with Gasteiger partial charge in [0.05, 0.1) is 13.2 Å². The molecule has 0 bridgehead atoms. The highest BCUT2D eigenvalue weighted by atomic mass is 16.6. The maximum Gasteiger partial charge on any atom is 0.407 e. The molecule has 56 heavy (non-hydrogen) atoms. The van der Waals surface area contributed by atoms with Gasteiger partial charge in [-0.25, -0.2) is 28.8 Å². The first-order chi connectivity index (χ1) is 26.3. The molecule has 4 amide bonds. The molecule has 2 rings (SSSR count). The van der Waals surface area contributed by atoms with E-state index in [0.29, 0.717) is 38.8 Å². The van der Waals surface area contributed by atoms with Crippen LogP contribution >= 0.6 is 0 Å². The molecule has 0 saturated heterocycles. The summed E-state index contributed by atoms with van der Waals surface area (Å²) in [6.07, 6.45) is 5.51. The van der Waals surface area contributed by atoms with Crippen LogP contribution in [0.5, 0.6) is 0 Å². The molecule has 4 N–H and O–H groups in total. The Balaban J connectivity index is 1.54. The minimum atomic E-state index is -0.579. The first-order valence-corrected chi connectivity index (χ1v) is 19.7. The van der Waals surface area contributed by atoms with Crippen molar-refractivity contribution < 1.29 is 57.2 Å². The van der Waals surface area contributed by atoms with Crippen molar-refractivity contribution in [3.05, 3.63) is 24.3 Å². The summed E-state index contributed by atoms with van der Waals surface area (Å²) in [5.74, 6) is -0.787. The van der Waals surface area contributed by atoms with Crippen molar-refractivity contribution >= 4 is 36.3 Å². The molecule has 0 radical (unpaired) electrons. The molecule has 0 heterocycles. The predicted molar refractivity (Wildman–Crippen MR) is 208 cm³/mol. The largest absolute Gasteiger partial charge is 0.459 e. The summed E-state index contributed by atoms with van der Waals surface area (Å²) in [4.78, 5) is 72.1. The quantitative estimate of drug-likeness (QED) is 0.0452. The number of hydrogen-bond donors (Lipinski definition) is 4. The van der Waals surface area contributed by atoms with Crippen LogP contribution in [0, 0.1) is 22.7 Å². The Labute approximate surface area is 331 Å². The van der Waals surface area contributed by atoms with Gasteiger partial charge in [-0.2, -0.15) is 0 Å². The van der Waals surface area contributed by atoms with Crippen LogP contribution in [0.2, 0.25) is 0 Å². The zero-order chi connectivity index (χ0) is 41.7. The molecule has 2 fully saturated rings. The number of unbranched alkanes of at least 4 members (excludes halogenated alkanes) is 3. The van der Waals surface area contributed by atoms with Gasteiger partial charge >= 0.3 is 36.3 Å². The highest BCUT2D eigenvalue weighted by Crippen LogP contribution is 2.39. The number of hydrogen-bond acceptors (Lipinski definition) is 12. The molecule has 4 atom stereocenters. The van der Waals surface area contributed by atoms with E-state index >= 15 is 0 Å². The summed E-state index contributed by atoms with van der Waals surface area (Å²) in [5, 5.41) is 11.5. The molecule has 318 valence electrons. The lowest BCUT2D eigenvalue weighted by Gasteiger charge is -2.40. The zero-order valence-corrected chi connectivity index (χ0v) is 34.4. The van der Waals surface area contributed by atoms with Gasteiger partial charge in [0.1, 0.15) is 26.4 Å². The number of esters is 2. The molecule has 0 spiro atoms. The van der Waals surface area contributed by atoms with Crippen molar-refractivity contribution in [3.63, 3.8) is 0 Å². The number of alkyl carbamates (subject to hydrolysis) is 4. The van der Waals surface area contributed by atoms with E-state index < -0.39 is 36.3 Å². The molecule has 2 saturated carbocycles. The van der Waals surface area contributed by atoms with E-state index in [2.05, 4.69) is 62.1 Å². The SMILES string of the molecule is C=C(C)C(=O)OCCOC(=O)NC1CC(CNC(=O)OCCCCCCOC(=O)NCC2CC(NC(=O)OCCOC(=O)C(=C)C)CC(C)(C)C2)CC(C)(C)C1. The van der Waals surface area contributed by atoms with E-state index in [4.69, 9.17) is 28.4 Å². The lowest BCUT2D eigenvalue weighted by atomic mass is 9.70. The van der Waals surface area contributed by atoms with E-state index in [1.807, 2.05) is 0 Å². The number of amides is 4. The standard InChI is InChI=1S/C40H66N4O12/c1-27(2)33(45)51-15-17-55-37(49)43-31-19-29(21-39(5,6)23-31)25-41-35(47)53-13-11-9-10-12-14-54-36(48)42-26-30-20-32(24-40(7,8)22-30)44-38(50)56-18-16-52-34(46)28(3)4/h29-32H,1,3,9-26H2,2,4-8H3,(H,41,47)(H,42,48)(H,43,49)(H,44,50). The molecular weight excluding hydrogens is 728 g/mol. The Morgan fingerprint density at radius 3 is 1.20 bits per heavy atom. The lowest BCUT2D eigenvalue weighted by Crippen LogP contribution is -2.46. The van der Waals surface area contributed by atoms with Gasteiger partial charge in [0.15, 0.2) is 0 Å². The molecular formula is C40H66N4O12. The van der Waals surface area contributed by atoms with Crippen molar-refractivity contribution in [1.82, 2.24) is 21.3 Å². The number of carbonyl (C=O) groups excluding carboxylic acids is 6. The fourth-order valence-electron chi connectivity index (χ4n) is 7.38. The average Bonchev–Trinajstić information content (AvgIpc) is 3.09. The van der Waals surface area contributed by atoms with Crippen molar-refractivity contribution in [1.29, 1.82) is 0 Å². The van der Waals surface area contributed by atoms with Gasteiger partial charge in [-0.05, 0) is 101 Å². The van der Waals surface area contributed by atoms with Gasteiger partial charge in [0.2, 0.25) is 0 Å². The second-order valence-electron chi connectivity index (χ2n) is 16.6. The van der Waals surface area contributed by atoms with Gasteiger partial charge < -0.3 is 49.7 Å². The summed E-state index contributed by atoms with van der Waals surface area (Å²) in [6, 6.07) is -0.247. The van der Waals surface area contributed by atoms with E-state index in [1.54, 1.807) is 0 Å². The van der Waals surface area contributed by atoms with E-state index in [-0.39, 0.29) is 85.5 Å². The maximum atomic E-state index is 12.3. The number of rotatable bonds is 21. The molecule has 16 nitrogen and oxygen atoms in total. The second kappa shape index (κ2) is 24.2. The Hall–Kier alpha value is -4.50. The first kappa shape index (κ1) is 47.7. The third-order valence-electron chi connectivity index (χ3n) is 9.53. The number of nitrogens with one attached hydrogen (secondary N) is 4. The summed E-state index contributed by atoms with van der Waals surface area (Å²) in [7, 11) is 0. The van der Waals surface area contributed by atoms with Crippen LogP contribution in [0.4, 0.5) is 19.2 Å². The van der Waals surface area contributed by atoms with Crippen LogP contribution in [-0.2, 0) is 38.0 Å². The molecule has 0 aromatic heterocycles. The minimum Gasteiger partial charge on any atom is -0.459 e. The monoisotopic (exact) mass is 794 g/mol. The first-order valence-electron chi connectivity index (χ1n) is 19.7. The third-order valence-corrected chi connectivity index (χ3v) is 9.53. The number of ether oxygens (including phenoxy) is 6. The Morgan fingerprint density at radius 2 is 0.839 bits per heavy atom. The molecule has 0 aromatic rings. The highest BCUT2D eigenvalue weighted by Gasteiger charge is 2.36. The number of carbonyl (C=O) groups is 6. The van der Waals surface area contributed by atoms with Crippen LogP contribution in [-0.4, -0.2) is 101 Å². The van der Waals surface area contributed by atoms with Crippen LogP contribution in [0.15, 0.2) is 24.3 Å². The molecule has 0 aromatic carbocycles. The topological polar surface area (TPSA) is 206 Å². The molecule has 16 heteroatoms. The van der Waals surface area contributed by atoms with Crippen molar-refractivity contribution in [2.45, 2.75) is 118 Å². The van der Waals surface area contributed by atoms with E-state index in [1.165, 1.54) is 13.8 Å². The smallest absolute Gasteiger partial charge is 0.407 e.